The number of benzene rings is 1. The molecule has 1 N–H and O–H groups in total. The highest BCUT2D eigenvalue weighted by Crippen LogP contribution is 2.24. The van der Waals surface area contributed by atoms with Gasteiger partial charge in [-0.15, -0.1) is 0 Å². The highest BCUT2D eigenvalue weighted by molar-refractivity contribution is 9.10. The molecule has 4 nitrogen and oxygen atoms in total. The molecule has 1 aromatic heterocycles. The lowest BCUT2D eigenvalue weighted by molar-refractivity contribution is 0.928. The molecule has 104 valence electrons. The van der Waals surface area contributed by atoms with Gasteiger partial charge in [-0.2, -0.15) is 0 Å². The van der Waals surface area contributed by atoms with Gasteiger partial charge in [0.25, 0.3) is 0 Å². The van der Waals surface area contributed by atoms with Crippen molar-refractivity contribution in [3.63, 3.8) is 0 Å². The number of hydrogen-bond acceptors (Lipinski definition) is 4. The largest absolute Gasteiger partial charge is 0.356 e. The van der Waals surface area contributed by atoms with Gasteiger partial charge in [0.15, 0.2) is 0 Å². The lowest BCUT2D eigenvalue weighted by Crippen LogP contribution is -2.19. The fourth-order valence-electron chi connectivity index (χ4n) is 2.40. The number of nitrogens with one attached hydrogen (secondary N) is 1. The molecule has 1 saturated heterocycles. The van der Waals surface area contributed by atoms with Crippen molar-refractivity contribution in [1.29, 1.82) is 0 Å². The topological polar surface area (TPSA) is 41.0 Å². The molecular formula is C15H17BrN4. The van der Waals surface area contributed by atoms with Crippen LogP contribution < -0.4 is 10.2 Å². The Hall–Kier alpha value is -1.62. The van der Waals surface area contributed by atoms with Crippen LogP contribution in [0.1, 0.15) is 18.4 Å². The minimum absolute atomic E-state index is 0.837. The molecule has 2 aromatic rings. The summed E-state index contributed by atoms with van der Waals surface area (Å²) in [6.45, 7) is 4.26. The van der Waals surface area contributed by atoms with Crippen molar-refractivity contribution >= 4 is 33.3 Å². The van der Waals surface area contributed by atoms with E-state index in [1.54, 1.807) is 6.33 Å². The predicted molar refractivity (Wildman–Crippen MR) is 85.6 cm³/mol. The van der Waals surface area contributed by atoms with Crippen LogP contribution in [0.5, 0.6) is 0 Å². The van der Waals surface area contributed by atoms with Crippen LogP contribution >= 0.6 is 15.9 Å². The van der Waals surface area contributed by atoms with Crippen molar-refractivity contribution < 1.29 is 0 Å². The Morgan fingerprint density at radius 2 is 1.95 bits per heavy atom. The van der Waals surface area contributed by atoms with Crippen LogP contribution in [-0.4, -0.2) is 23.1 Å². The lowest BCUT2D eigenvalue weighted by atomic mass is 10.2. The number of rotatable bonds is 3. The second-order valence-corrected chi connectivity index (χ2v) is 5.90. The van der Waals surface area contributed by atoms with E-state index in [2.05, 4.69) is 49.1 Å². The third kappa shape index (κ3) is 2.93. The van der Waals surface area contributed by atoms with Crippen molar-refractivity contribution in [3.05, 3.63) is 40.6 Å². The first-order valence-corrected chi connectivity index (χ1v) is 7.62. The minimum atomic E-state index is 0.837. The zero-order valence-corrected chi connectivity index (χ0v) is 13.0. The van der Waals surface area contributed by atoms with Gasteiger partial charge in [0.05, 0.1) is 0 Å². The number of aromatic nitrogens is 2. The van der Waals surface area contributed by atoms with Gasteiger partial charge in [-0.25, -0.2) is 9.97 Å². The molecule has 2 heterocycles. The van der Waals surface area contributed by atoms with Crippen molar-refractivity contribution in [2.75, 3.05) is 23.3 Å². The fraction of sp³-hybridized carbons (Fsp3) is 0.333. The second-order valence-electron chi connectivity index (χ2n) is 5.04. The third-order valence-corrected chi connectivity index (χ3v) is 4.40. The van der Waals surface area contributed by atoms with E-state index in [1.807, 2.05) is 18.2 Å². The van der Waals surface area contributed by atoms with E-state index < -0.39 is 0 Å². The monoisotopic (exact) mass is 332 g/mol. The molecule has 0 atom stereocenters. The summed E-state index contributed by atoms with van der Waals surface area (Å²) in [5.74, 6) is 1.84. The van der Waals surface area contributed by atoms with Gasteiger partial charge < -0.3 is 10.2 Å². The Kier molecular flexibility index (Phi) is 3.87. The second kappa shape index (κ2) is 5.79. The number of hydrogen-bond donors (Lipinski definition) is 1. The number of halogens is 1. The molecule has 0 amide bonds. The molecule has 5 heteroatoms. The van der Waals surface area contributed by atoms with E-state index in [-0.39, 0.29) is 0 Å². The summed E-state index contributed by atoms with van der Waals surface area (Å²) in [4.78, 5) is 11.0. The van der Waals surface area contributed by atoms with Crippen molar-refractivity contribution in [2.24, 2.45) is 0 Å². The molecule has 1 aliphatic heterocycles. The van der Waals surface area contributed by atoms with Gasteiger partial charge in [0.2, 0.25) is 0 Å². The Bertz CT molecular complexity index is 609. The molecule has 0 unspecified atom stereocenters. The average Bonchev–Trinajstić information content (AvgIpc) is 2.97. The van der Waals surface area contributed by atoms with E-state index in [0.29, 0.717) is 0 Å². The first-order valence-electron chi connectivity index (χ1n) is 6.82. The third-order valence-electron chi connectivity index (χ3n) is 3.51. The molecule has 0 radical (unpaired) electrons. The van der Waals surface area contributed by atoms with Crippen molar-refractivity contribution in [3.8, 4) is 0 Å². The summed E-state index contributed by atoms with van der Waals surface area (Å²) < 4.78 is 1.11. The Balaban J connectivity index is 1.79. The summed E-state index contributed by atoms with van der Waals surface area (Å²) in [7, 11) is 0. The fourth-order valence-corrected chi connectivity index (χ4v) is 2.65. The van der Waals surface area contributed by atoms with E-state index in [0.717, 1.165) is 34.9 Å². The molecule has 1 fully saturated rings. The summed E-state index contributed by atoms with van der Waals surface area (Å²) in [5, 5.41) is 3.34. The molecule has 20 heavy (non-hydrogen) atoms. The van der Waals surface area contributed by atoms with Crippen molar-refractivity contribution in [1.82, 2.24) is 9.97 Å². The molecule has 0 spiro atoms. The van der Waals surface area contributed by atoms with Gasteiger partial charge in [0.1, 0.15) is 18.0 Å². The van der Waals surface area contributed by atoms with Crippen LogP contribution in [0.25, 0.3) is 0 Å². The maximum Gasteiger partial charge on any atom is 0.135 e. The van der Waals surface area contributed by atoms with Gasteiger partial charge in [-0.1, -0.05) is 15.9 Å². The lowest BCUT2D eigenvalue weighted by Gasteiger charge is -2.16. The SMILES string of the molecule is Cc1cc(Nc2cc(N3CCCC3)ncn2)ccc1Br. The summed E-state index contributed by atoms with van der Waals surface area (Å²) in [5.41, 5.74) is 2.24. The van der Waals surface area contributed by atoms with Crippen LogP contribution in [-0.2, 0) is 0 Å². The summed E-state index contributed by atoms with van der Waals surface area (Å²) in [6.07, 6.45) is 4.12. The highest BCUT2D eigenvalue weighted by atomic mass is 79.9. The molecule has 0 aliphatic carbocycles. The summed E-state index contributed by atoms with van der Waals surface area (Å²) >= 11 is 3.51. The Morgan fingerprint density at radius 1 is 1.15 bits per heavy atom. The average molecular weight is 333 g/mol. The van der Waals surface area contributed by atoms with Gasteiger partial charge in [-0.3, -0.25) is 0 Å². The normalized spacial score (nSPS) is 14.6. The number of anilines is 3. The maximum atomic E-state index is 4.36. The molecule has 1 aliphatic rings. The molecule has 0 saturated carbocycles. The van der Waals surface area contributed by atoms with Crippen LogP contribution in [0.4, 0.5) is 17.3 Å². The zero-order valence-electron chi connectivity index (χ0n) is 11.4. The van der Waals surface area contributed by atoms with E-state index >= 15 is 0 Å². The van der Waals surface area contributed by atoms with Gasteiger partial charge >= 0.3 is 0 Å². The van der Waals surface area contributed by atoms with Crippen LogP contribution in [0, 0.1) is 6.92 Å². The molecule has 0 bridgehead atoms. The predicted octanol–water partition coefficient (Wildman–Crippen LogP) is 3.89. The van der Waals surface area contributed by atoms with Crippen LogP contribution in [0.2, 0.25) is 0 Å². The van der Waals surface area contributed by atoms with Gasteiger partial charge in [0, 0.05) is 29.3 Å². The van der Waals surface area contributed by atoms with Crippen LogP contribution in [0.15, 0.2) is 35.1 Å². The molecule has 1 aromatic carbocycles. The minimum Gasteiger partial charge on any atom is -0.356 e. The number of aryl methyl sites for hydroxylation is 1. The Morgan fingerprint density at radius 3 is 2.70 bits per heavy atom. The van der Waals surface area contributed by atoms with E-state index in [4.69, 9.17) is 0 Å². The highest BCUT2D eigenvalue weighted by Gasteiger charge is 2.14. The Labute approximate surface area is 127 Å². The van der Waals surface area contributed by atoms with E-state index in [1.165, 1.54) is 18.4 Å². The van der Waals surface area contributed by atoms with Gasteiger partial charge in [-0.05, 0) is 43.5 Å². The van der Waals surface area contributed by atoms with Crippen molar-refractivity contribution in [2.45, 2.75) is 19.8 Å². The standard InChI is InChI=1S/C15H17BrN4/c1-11-8-12(4-5-13(11)16)19-14-9-15(18-10-17-14)20-6-2-3-7-20/h4-5,8-10H,2-3,6-7H2,1H3,(H,17,18,19). The molecular weight excluding hydrogens is 316 g/mol. The smallest absolute Gasteiger partial charge is 0.135 e. The molecule has 3 rings (SSSR count). The quantitative estimate of drug-likeness (QED) is 0.925. The first kappa shape index (κ1) is 13.4. The zero-order chi connectivity index (χ0) is 13.9. The maximum absolute atomic E-state index is 4.36. The first-order chi connectivity index (χ1) is 9.72. The summed E-state index contributed by atoms with van der Waals surface area (Å²) in [6, 6.07) is 8.19. The van der Waals surface area contributed by atoms with Crippen LogP contribution in [0.3, 0.4) is 0 Å². The number of nitrogens with zero attached hydrogens (tertiary/aromatic N) is 3. The van der Waals surface area contributed by atoms with E-state index in [9.17, 15) is 0 Å².